The first kappa shape index (κ1) is 29.0. The average Bonchev–Trinajstić information content (AvgIpc) is 3.45. The van der Waals surface area contributed by atoms with Crippen LogP contribution in [0.1, 0.15) is 85.5 Å². The predicted molar refractivity (Wildman–Crippen MR) is 145 cm³/mol. The Balaban J connectivity index is 1.21. The summed E-state index contributed by atoms with van der Waals surface area (Å²) in [5, 5.41) is 45.4. The first-order chi connectivity index (χ1) is 18.9. The van der Waals surface area contributed by atoms with Crippen molar-refractivity contribution in [2.24, 2.45) is 34.5 Å². The maximum atomic E-state index is 12.5. The molecule has 12 atom stereocenters. The molecule has 4 aliphatic carbocycles. The topological polar surface area (TPSA) is 129 Å². The van der Waals surface area contributed by atoms with E-state index in [1.165, 1.54) is 0 Å². The molecule has 0 unspecified atom stereocenters. The zero-order valence-electron chi connectivity index (χ0n) is 24.5. The van der Waals surface area contributed by atoms with Gasteiger partial charge in [0.15, 0.2) is 6.23 Å². The van der Waals surface area contributed by atoms with Crippen LogP contribution in [0.25, 0.3) is 0 Å². The summed E-state index contributed by atoms with van der Waals surface area (Å²) in [5.74, 6) is 1.09. The van der Waals surface area contributed by atoms with E-state index in [-0.39, 0.29) is 47.4 Å². The fraction of sp³-hybridized carbons (Fsp3) is 0.903. The zero-order valence-corrected chi connectivity index (χ0v) is 24.5. The van der Waals surface area contributed by atoms with Gasteiger partial charge in [0.2, 0.25) is 0 Å². The van der Waals surface area contributed by atoms with Gasteiger partial charge < -0.3 is 29.9 Å². The van der Waals surface area contributed by atoms with E-state index in [9.17, 15) is 25.2 Å². The Kier molecular flexibility index (Phi) is 7.46. The van der Waals surface area contributed by atoms with Gasteiger partial charge in [0.1, 0.15) is 24.9 Å². The van der Waals surface area contributed by atoms with Crippen LogP contribution in [0.15, 0.2) is 11.6 Å². The van der Waals surface area contributed by atoms with Crippen molar-refractivity contribution in [1.82, 2.24) is 5.06 Å². The maximum absolute atomic E-state index is 12.5. The van der Waals surface area contributed by atoms with Gasteiger partial charge in [-0.15, -0.1) is 0 Å². The van der Waals surface area contributed by atoms with E-state index in [4.69, 9.17) is 14.3 Å². The highest BCUT2D eigenvalue weighted by Crippen LogP contribution is 2.70. The monoisotopic (exact) mass is 563 g/mol. The third-order valence-corrected chi connectivity index (χ3v) is 12.4. The van der Waals surface area contributed by atoms with E-state index in [1.54, 1.807) is 11.1 Å². The fourth-order valence-corrected chi connectivity index (χ4v) is 10.2. The Morgan fingerprint density at radius 1 is 1.00 bits per heavy atom. The summed E-state index contributed by atoms with van der Waals surface area (Å²) < 4.78 is 11.1. The van der Waals surface area contributed by atoms with Crippen LogP contribution < -0.4 is 0 Å². The first-order valence-corrected chi connectivity index (χ1v) is 15.6. The van der Waals surface area contributed by atoms with Gasteiger partial charge in [0.25, 0.3) is 0 Å². The lowest BCUT2D eigenvalue weighted by Crippen LogP contribution is -2.64. The largest absolute Gasteiger partial charge is 0.458 e. The van der Waals surface area contributed by atoms with E-state index in [1.807, 2.05) is 13.8 Å². The maximum Gasteiger partial charge on any atom is 0.331 e. The third kappa shape index (κ3) is 4.33. The second-order valence-electron chi connectivity index (χ2n) is 14.5. The number of cyclic esters (lactones) is 1. The number of fused-ring (bicyclic) bond motifs is 5. The lowest BCUT2D eigenvalue weighted by atomic mass is 9.43. The SMILES string of the molecule is CC(C)ON([C@H]1CC[C@@]2(C)[C@H](CC[C@@H]3[C@@H]2CC[C@]2(C)[C@@H](C4=CC(=O)OC4)CC[C@]32O)C1)[C@H]1OC[C@H](O)[C@@H](O)[C@@H]1O. The minimum absolute atomic E-state index is 0.0266. The number of carbonyl (C=O) groups excluding carboxylic acids is 1. The molecule has 2 aliphatic heterocycles. The smallest absolute Gasteiger partial charge is 0.331 e. The van der Waals surface area contributed by atoms with Crippen LogP contribution in [0.5, 0.6) is 0 Å². The highest BCUT2D eigenvalue weighted by molar-refractivity contribution is 5.85. The molecule has 5 fully saturated rings. The van der Waals surface area contributed by atoms with Crippen LogP contribution in [-0.4, -0.2) is 87.0 Å². The van der Waals surface area contributed by atoms with Crippen molar-refractivity contribution < 1.29 is 39.5 Å². The molecule has 0 bridgehead atoms. The van der Waals surface area contributed by atoms with Crippen molar-refractivity contribution in [3.05, 3.63) is 11.6 Å². The van der Waals surface area contributed by atoms with Crippen LogP contribution in [0.2, 0.25) is 0 Å². The van der Waals surface area contributed by atoms with Gasteiger partial charge in [0, 0.05) is 17.5 Å². The number of hydrogen-bond donors (Lipinski definition) is 4. The summed E-state index contributed by atoms with van der Waals surface area (Å²) >= 11 is 0. The van der Waals surface area contributed by atoms with Gasteiger partial charge >= 0.3 is 5.97 Å². The third-order valence-electron chi connectivity index (χ3n) is 12.4. The van der Waals surface area contributed by atoms with Gasteiger partial charge in [-0.2, -0.15) is 5.06 Å². The lowest BCUT2D eigenvalue weighted by molar-refractivity contribution is -0.345. The van der Waals surface area contributed by atoms with Crippen molar-refractivity contribution in [3.63, 3.8) is 0 Å². The lowest BCUT2D eigenvalue weighted by Gasteiger charge is -2.64. The first-order valence-electron chi connectivity index (χ1n) is 15.6. The number of hydroxylamine groups is 2. The number of rotatable bonds is 5. The number of esters is 1. The molecule has 226 valence electrons. The van der Waals surface area contributed by atoms with Gasteiger partial charge in [-0.05, 0) is 106 Å². The molecule has 4 saturated carbocycles. The molecule has 4 N–H and O–H groups in total. The van der Waals surface area contributed by atoms with Crippen LogP contribution in [0, 0.1) is 34.5 Å². The van der Waals surface area contributed by atoms with E-state index < -0.39 is 30.1 Å². The predicted octanol–water partition coefficient (Wildman–Crippen LogP) is 2.69. The number of carbonyl (C=O) groups is 1. The van der Waals surface area contributed by atoms with E-state index >= 15 is 0 Å². The molecule has 0 aromatic rings. The Morgan fingerprint density at radius 3 is 2.48 bits per heavy atom. The minimum atomic E-state index is -1.28. The summed E-state index contributed by atoms with van der Waals surface area (Å²) in [5.41, 5.74) is 0.195. The molecular weight excluding hydrogens is 514 g/mol. The molecule has 6 rings (SSSR count). The Hall–Kier alpha value is -1.07. The summed E-state index contributed by atoms with van der Waals surface area (Å²) in [4.78, 5) is 18.1. The van der Waals surface area contributed by atoms with Crippen molar-refractivity contribution in [1.29, 1.82) is 0 Å². The van der Waals surface area contributed by atoms with Gasteiger partial charge in [-0.1, -0.05) is 13.8 Å². The van der Waals surface area contributed by atoms with Crippen molar-refractivity contribution in [3.8, 4) is 0 Å². The van der Waals surface area contributed by atoms with Gasteiger partial charge in [-0.25, -0.2) is 4.79 Å². The Bertz CT molecular complexity index is 1020. The Labute approximate surface area is 237 Å². The molecule has 1 saturated heterocycles. The zero-order chi connectivity index (χ0) is 28.6. The van der Waals surface area contributed by atoms with E-state index in [0.29, 0.717) is 18.4 Å². The van der Waals surface area contributed by atoms with Crippen LogP contribution >= 0.6 is 0 Å². The standard InChI is InChI=1S/C31H49NO8/c1-17(2)40-32(28-27(36)26(35)24(33)16-39-28)20-7-10-29(3)19(14-20)5-6-23-22(29)8-11-30(4)21(9-12-31(23,30)37)18-13-25(34)38-15-18/h13,17,19-24,26-28,33,35-37H,5-12,14-16H2,1-4H3/t19-,20+,21-,22+,23-,24+,26-,27+,28+,29+,30-,31+/m1/s1. The summed E-state index contributed by atoms with van der Waals surface area (Å²) in [7, 11) is 0. The molecule has 2 heterocycles. The van der Waals surface area contributed by atoms with Gasteiger partial charge in [-0.3, -0.25) is 4.84 Å². The van der Waals surface area contributed by atoms with Crippen LogP contribution in [-0.2, 0) is 19.1 Å². The van der Waals surface area contributed by atoms with E-state index in [2.05, 4.69) is 13.8 Å². The molecule has 0 amide bonds. The molecule has 0 spiro atoms. The van der Waals surface area contributed by atoms with Crippen LogP contribution in [0.3, 0.4) is 0 Å². The minimum Gasteiger partial charge on any atom is -0.458 e. The van der Waals surface area contributed by atoms with Crippen molar-refractivity contribution in [2.45, 2.75) is 128 Å². The van der Waals surface area contributed by atoms with Crippen molar-refractivity contribution >= 4 is 5.97 Å². The summed E-state index contributed by atoms with van der Waals surface area (Å²) in [6.07, 6.45) is 5.59. The normalized spacial score (nSPS) is 50.8. The fourth-order valence-electron chi connectivity index (χ4n) is 10.2. The number of aliphatic hydroxyl groups excluding tert-OH is 3. The summed E-state index contributed by atoms with van der Waals surface area (Å²) in [6.45, 7) is 8.92. The van der Waals surface area contributed by atoms with E-state index in [0.717, 1.165) is 63.4 Å². The molecular formula is C31H49NO8. The molecule has 9 heteroatoms. The average molecular weight is 564 g/mol. The van der Waals surface area contributed by atoms with Crippen LogP contribution in [0.4, 0.5) is 0 Å². The molecule has 40 heavy (non-hydrogen) atoms. The quantitative estimate of drug-likeness (QED) is 0.295. The second-order valence-corrected chi connectivity index (χ2v) is 14.5. The number of aliphatic hydroxyl groups is 4. The molecule has 0 aromatic heterocycles. The summed E-state index contributed by atoms with van der Waals surface area (Å²) in [6, 6.07) is 0.0266. The molecule has 9 nitrogen and oxygen atoms in total. The van der Waals surface area contributed by atoms with Gasteiger partial charge in [0.05, 0.1) is 18.3 Å². The molecule has 0 aromatic carbocycles. The second kappa shape index (κ2) is 10.3. The Morgan fingerprint density at radius 2 is 1.77 bits per heavy atom. The number of nitrogens with zero attached hydrogens (tertiary/aromatic N) is 1. The van der Waals surface area contributed by atoms with Crippen molar-refractivity contribution in [2.75, 3.05) is 13.2 Å². The highest BCUT2D eigenvalue weighted by Gasteiger charge is 2.68. The molecule has 0 radical (unpaired) electrons. The highest BCUT2D eigenvalue weighted by atomic mass is 16.7. The number of hydrogen-bond acceptors (Lipinski definition) is 9. The number of ether oxygens (including phenoxy) is 2. The molecule has 6 aliphatic rings.